The van der Waals surface area contributed by atoms with Gasteiger partial charge in [-0.25, -0.2) is 0 Å². The van der Waals surface area contributed by atoms with Crippen molar-refractivity contribution < 1.29 is 52.7 Å². The molecule has 30 heavy (non-hydrogen) atoms. The minimum absolute atomic E-state index is 0.0193. The Morgan fingerprint density at radius 2 is 1.33 bits per heavy atom. The summed E-state index contributed by atoms with van der Waals surface area (Å²) in [6.45, 7) is 7.62. The molecule has 2 unspecified atom stereocenters. The van der Waals surface area contributed by atoms with Gasteiger partial charge >= 0.3 is 23.9 Å². The summed E-state index contributed by atoms with van der Waals surface area (Å²) in [6.07, 6.45) is -6.78. The van der Waals surface area contributed by atoms with Crippen LogP contribution < -0.4 is 0 Å². The van der Waals surface area contributed by atoms with Crippen LogP contribution in [0.5, 0.6) is 0 Å². The molecule has 1 heterocycles. The lowest BCUT2D eigenvalue weighted by Crippen LogP contribution is -2.63. The van der Waals surface area contributed by atoms with Crippen molar-refractivity contribution in [3.63, 3.8) is 0 Å². The van der Waals surface area contributed by atoms with Crippen molar-refractivity contribution in [2.45, 2.75) is 78.4 Å². The second-order valence-electron chi connectivity index (χ2n) is 7.12. The highest BCUT2D eigenvalue weighted by atomic mass is 16.7. The van der Waals surface area contributed by atoms with Crippen molar-refractivity contribution in [3.8, 4) is 0 Å². The van der Waals surface area contributed by atoms with Gasteiger partial charge in [0.2, 0.25) is 0 Å². The summed E-state index contributed by atoms with van der Waals surface area (Å²) < 4.78 is 32.3. The van der Waals surface area contributed by atoms with Gasteiger partial charge in [-0.1, -0.05) is 6.92 Å². The van der Waals surface area contributed by atoms with Crippen molar-refractivity contribution in [1.82, 2.24) is 0 Å². The lowest BCUT2D eigenvalue weighted by molar-refractivity contribution is -0.310. The average Bonchev–Trinajstić information content (AvgIpc) is 2.60. The second-order valence-corrected chi connectivity index (χ2v) is 7.12. The fourth-order valence-corrected chi connectivity index (χ4v) is 2.71. The molecule has 11 nitrogen and oxygen atoms in total. The van der Waals surface area contributed by atoms with Gasteiger partial charge in [0.1, 0.15) is 12.7 Å². The monoisotopic (exact) mass is 434 g/mol. The Hall–Kier alpha value is -2.24. The summed E-state index contributed by atoms with van der Waals surface area (Å²) in [5, 5.41) is 9.68. The van der Waals surface area contributed by atoms with Gasteiger partial charge in [0.25, 0.3) is 0 Å². The predicted octanol–water partition coefficient (Wildman–Crippen LogP) is 0.103. The largest absolute Gasteiger partial charge is 0.463 e. The zero-order chi connectivity index (χ0) is 23.0. The molecule has 1 saturated heterocycles. The standard InChI is InChI=1S/C19H30O11/c1-9(10(2)20)7-26-19-18(29-14(6)24)17(28-13(5)23)16(27-12(4)22)15(30-19)8-25-11(3)21/h9-10,15-20H,7-8H2,1-6H3/t9?,10?,15-,16-,17+,18-,19-/m1/s1. The fraction of sp³-hybridized carbons (Fsp3) is 0.789. The highest BCUT2D eigenvalue weighted by Crippen LogP contribution is 2.30. The van der Waals surface area contributed by atoms with Crippen LogP contribution in [0.15, 0.2) is 0 Å². The zero-order valence-corrected chi connectivity index (χ0v) is 18.0. The van der Waals surface area contributed by atoms with E-state index in [0.29, 0.717) is 0 Å². The van der Waals surface area contributed by atoms with E-state index in [4.69, 9.17) is 28.4 Å². The summed E-state index contributed by atoms with van der Waals surface area (Å²) in [6, 6.07) is 0. The Morgan fingerprint density at radius 3 is 1.80 bits per heavy atom. The lowest BCUT2D eigenvalue weighted by atomic mass is 9.98. The SMILES string of the molecule is CC(=O)OC[C@H]1O[C@@H](OCC(C)C(C)O)[C@H](OC(C)=O)[C@@H](OC(C)=O)[C@@H]1OC(C)=O. The fourth-order valence-electron chi connectivity index (χ4n) is 2.71. The van der Waals surface area contributed by atoms with Crippen molar-refractivity contribution in [2.75, 3.05) is 13.2 Å². The first kappa shape index (κ1) is 25.8. The van der Waals surface area contributed by atoms with Crippen LogP contribution in [-0.4, -0.2) is 79.0 Å². The van der Waals surface area contributed by atoms with Crippen molar-refractivity contribution in [2.24, 2.45) is 5.92 Å². The molecule has 0 aliphatic carbocycles. The summed E-state index contributed by atoms with van der Waals surface area (Å²) >= 11 is 0. The first-order chi connectivity index (χ1) is 13.9. The van der Waals surface area contributed by atoms with Crippen LogP contribution in [0.2, 0.25) is 0 Å². The molecule has 0 aromatic heterocycles. The smallest absolute Gasteiger partial charge is 0.303 e. The van der Waals surface area contributed by atoms with Gasteiger partial charge in [0, 0.05) is 33.6 Å². The third-order valence-electron chi connectivity index (χ3n) is 4.30. The maximum Gasteiger partial charge on any atom is 0.303 e. The molecule has 0 saturated carbocycles. The second kappa shape index (κ2) is 11.8. The van der Waals surface area contributed by atoms with E-state index < -0.39 is 60.7 Å². The van der Waals surface area contributed by atoms with Crippen LogP contribution in [0, 0.1) is 5.92 Å². The first-order valence-electron chi connectivity index (χ1n) is 9.52. The topological polar surface area (TPSA) is 144 Å². The number of aliphatic hydroxyl groups excluding tert-OH is 1. The third kappa shape index (κ3) is 8.25. The van der Waals surface area contributed by atoms with Gasteiger partial charge < -0.3 is 33.5 Å². The van der Waals surface area contributed by atoms with E-state index in [2.05, 4.69) is 0 Å². The number of esters is 4. The Bertz CT molecular complexity index is 618. The Balaban J connectivity index is 3.25. The molecule has 11 heteroatoms. The Morgan fingerprint density at radius 1 is 0.833 bits per heavy atom. The summed E-state index contributed by atoms with van der Waals surface area (Å²) in [7, 11) is 0. The van der Waals surface area contributed by atoms with Gasteiger partial charge in [-0.3, -0.25) is 19.2 Å². The summed E-state index contributed by atoms with van der Waals surface area (Å²) in [5.74, 6) is -3.04. The number of aliphatic hydroxyl groups is 1. The maximum absolute atomic E-state index is 11.7. The average molecular weight is 434 g/mol. The first-order valence-corrected chi connectivity index (χ1v) is 9.52. The molecule has 1 fully saturated rings. The third-order valence-corrected chi connectivity index (χ3v) is 4.30. The van der Waals surface area contributed by atoms with Crippen LogP contribution in [0.3, 0.4) is 0 Å². The Labute approximate surface area is 174 Å². The number of rotatable bonds is 9. The van der Waals surface area contributed by atoms with Crippen molar-refractivity contribution in [1.29, 1.82) is 0 Å². The summed E-state index contributed by atoms with van der Waals surface area (Å²) in [4.78, 5) is 46.3. The van der Waals surface area contributed by atoms with Gasteiger partial charge in [0.05, 0.1) is 12.7 Å². The molecule has 0 aromatic rings. The zero-order valence-electron chi connectivity index (χ0n) is 18.0. The maximum atomic E-state index is 11.7. The minimum Gasteiger partial charge on any atom is -0.463 e. The lowest BCUT2D eigenvalue weighted by Gasteiger charge is -2.44. The van der Waals surface area contributed by atoms with Crippen LogP contribution in [0.1, 0.15) is 41.5 Å². The van der Waals surface area contributed by atoms with E-state index >= 15 is 0 Å². The van der Waals surface area contributed by atoms with Crippen LogP contribution in [-0.2, 0) is 47.6 Å². The number of hydrogen-bond acceptors (Lipinski definition) is 11. The van der Waals surface area contributed by atoms with E-state index in [1.165, 1.54) is 6.92 Å². The molecule has 0 aromatic carbocycles. The number of carbonyl (C=O) groups is 4. The van der Waals surface area contributed by atoms with Gasteiger partial charge in [-0.05, 0) is 6.92 Å². The molecule has 1 aliphatic rings. The van der Waals surface area contributed by atoms with Crippen LogP contribution in [0.4, 0.5) is 0 Å². The molecule has 172 valence electrons. The minimum atomic E-state index is -1.28. The van der Waals surface area contributed by atoms with Gasteiger partial charge in [-0.15, -0.1) is 0 Å². The van der Waals surface area contributed by atoms with Crippen molar-refractivity contribution >= 4 is 23.9 Å². The molecule has 0 amide bonds. The highest BCUT2D eigenvalue weighted by molar-refractivity contribution is 5.68. The van der Waals surface area contributed by atoms with E-state index in [1.54, 1.807) is 13.8 Å². The molecule has 7 atom stereocenters. The molecule has 1 N–H and O–H groups in total. The summed E-state index contributed by atoms with van der Waals surface area (Å²) in [5.41, 5.74) is 0. The Kier molecular flexibility index (Phi) is 10.2. The molecule has 0 spiro atoms. The number of carbonyl (C=O) groups excluding carboxylic acids is 4. The van der Waals surface area contributed by atoms with Gasteiger partial charge in [-0.2, -0.15) is 0 Å². The molecule has 0 bridgehead atoms. The van der Waals surface area contributed by atoms with Crippen LogP contribution in [0.25, 0.3) is 0 Å². The van der Waals surface area contributed by atoms with E-state index in [-0.39, 0.29) is 19.1 Å². The normalized spacial score (nSPS) is 28.0. The van der Waals surface area contributed by atoms with Crippen LogP contribution >= 0.6 is 0 Å². The molecule has 1 aliphatic heterocycles. The van der Waals surface area contributed by atoms with E-state index in [9.17, 15) is 24.3 Å². The molecule has 0 radical (unpaired) electrons. The highest BCUT2D eigenvalue weighted by Gasteiger charge is 2.52. The van der Waals surface area contributed by atoms with E-state index in [0.717, 1.165) is 20.8 Å². The van der Waals surface area contributed by atoms with Gasteiger partial charge in [0.15, 0.2) is 24.6 Å². The molecular formula is C19H30O11. The van der Waals surface area contributed by atoms with Crippen molar-refractivity contribution in [3.05, 3.63) is 0 Å². The number of hydrogen-bond donors (Lipinski definition) is 1. The quantitative estimate of drug-likeness (QED) is 0.390. The molecule has 1 rings (SSSR count). The van der Waals surface area contributed by atoms with E-state index in [1.807, 2.05) is 0 Å². The molecular weight excluding hydrogens is 404 g/mol. The number of ether oxygens (including phenoxy) is 6. The predicted molar refractivity (Wildman–Crippen MR) is 98.8 cm³/mol.